The molecule has 0 unspecified atom stereocenters. The van der Waals surface area contributed by atoms with Gasteiger partial charge >= 0.3 is 0 Å². The van der Waals surface area contributed by atoms with Crippen LogP contribution in [0.15, 0.2) is 42.5 Å². The number of aromatic nitrogens is 2. The van der Waals surface area contributed by atoms with Crippen LogP contribution in [-0.2, 0) is 0 Å². The minimum Gasteiger partial charge on any atom is -0.283 e. The van der Waals surface area contributed by atoms with E-state index in [1.807, 2.05) is 36.2 Å². The summed E-state index contributed by atoms with van der Waals surface area (Å²) in [7, 11) is 0. The minimum absolute atomic E-state index is 0. The second-order valence-electron chi connectivity index (χ2n) is 7.33. The topological polar surface area (TPSA) is 50.2 Å². The van der Waals surface area contributed by atoms with Gasteiger partial charge in [-0.25, -0.2) is 9.69 Å². The summed E-state index contributed by atoms with van der Waals surface area (Å²) in [6, 6.07) is 12.6. The third kappa shape index (κ3) is 5.18. The Bertz CT molecular complexity index is 1080. The Balaban J connectivity index is 0.00000272. The number of nitrogens with zero attached hydrogens (tertiary/aromatic N) is 3. The van der Waals surface area contributed by atoms with E-state index in [1.165, 1.54) is 6.42 Å². The quantitative estimate of drug-likeness (QED) is 0.454. The summed E-state index contributed by atoms with van der Waals surface area (Å²) in [5, 5.41) is 8.22. The molecule has 31 heavy (non-hydrogen) atoms. The summed E-state index contributed by atoms with van der Waals surface area (Å²) in [6.07, 6.45) is 3.34. The molecule has 3 aromatic rings. The van der Waals surface area contributed by atoms with Crippen molar-refractivity contribution >= 4 is 53.1 Å². The molecule has 1 saturated heterocycles. The number of nitrogens with one attached hydrogen (secondary N) is 1. The molecule has 0 spiro atoms. The summed E-state index contributed by atoms with van der Waals surface area (Å²) in [4.78, 5) is 13.1. The molecule has 1 amide bonds. The average molecular weight is 500 g/mol. The van der Waals surface area contributed by atoms with Gasteiger partial charge in [0, 0.05) is 34.3 Å². The van der Waals surface area contributed by atoms with Gasteiger partial charge in [-0.2, -0.15) is 5.10 Å². The van der Waals surface area contributed by atoms with Gasteiger partial charge in [0.05, 0.1) is 16.4 Å². The lowest BCUT2D eigenvalue weighted by Gasteiger charge is -2.26. The first-order valence-corrected chi connectivity index (χ1v) is 10.9. The number of halogens is 4. The van der Waals surface area contributed by atoms with Gasteiger partial charge in [0.15, 0.2) is 5.69 Å². The van der Waals surface area contributed by atoms with E-state index in [2.05, 4.69) is 10.5 Å². The smallest absolute Gasteiger partial charge is 0.283 e. The lowest BCUT2D eigenvalue weighted by Crippen LogP contribution is -2.45. The molecule has 0 saturated carbocycles. The molecule has 1 N–H and O–H groups in total. The molecule has 4 rings (SSSR count). The first-order valence-electron chi connectivity index (χ1n) is 9.81. The van der Waals surface area contributed by atoms with Crippen molar-refractivity contribution in [1.29, 1.82) is 0 Å². The molecular formula is C22H22Cl4N4O. The maximum atomic E-state index is 13.1. The number of carbonyl (C=O) groups is 1. The zero-order chi connectivity index (χ0) is 21.3. The highest BCUT2D eigenvalue weighted by atomic mass is 35.5. The number of amides is 1. The fourth-order valence-electron chi connectivity index (χ4n) is 3.69. The lowest BCUT2D eigenvalue weighted by molar-refractivity contribution is 0.0743. The molecule has 5 nitrogen and oxygen atoms in total. The van der Waals surface area contributed by atoms with Crippen LogP contribution in [0.3, 0.4) is 0 Å². The number of hydrazine groups is 1. The average Bonchev–Trinajstić information content (AvgIpc) is 3.06. The molecule has 2 aromatic carbocycles. The number of benzene rings is 2. The van der Waals surface area contributed by atoms with Crippen LogP contribution in [0.1, 0.15) is 35.3 Å². The van der Waals surface area contributed by atoms with E-state index in [0.717, 1.165) is 42.8 Å². The van der Waals surface area contributed by atoms with Gasteiger partial charge in [-0.3, -0.25) is 10.2 Å². The lowest BCUT2D eigenvalue weighted by atomic mass is 10.1. The van der Waals surface area contributed by atoms with E-state index in [-0.39, 0.29) is 18.3 Å². The van der Waals surface area contributed by atoms with Crippen LogP contribution in [0, 0.1) is 6.92 Å². The zero-order valence-electron chi connectivity index (χ0n) is 16.9. The van der Waals surface area contributed by atoms with Crippen molar-refractivity contribution < 1.29 is 4.79 Å². The van der Waals surface area contributed by atoms with Gasteiger partial charge in [-0.15, -0.1) is 12.4 Å². The molecule has 1 aliphatic rings. The largest absolute Gasteiger partial charge is 0.286 e. The standard InChI is InChI=1S/C22H21Cl3N4O.ClH/c1-14-20(22(30)27-28-11-3-2-4-12-28)26-29(19-10-9-17(24)13-18(19)25)21(14)15-5-7-16(23)8-6-15;/h5-10,13H,2-4,11-12H2,1H3,(H,27,30);1H. The Morgan fingerprint density at radius 2 is 1.61 bits per heavy atom. The van der Waals surface area contributed by atoms with E-state index in [1.54, 1.807) is 22.9 Å². The first-order chi connectivity index (χ1) is 14.4. The molecule has 0 bridgehead atoms. The highest BCUT2D eigenvalue weighted by molar-refractivity contribution is 6.35. The van der Waals surface area contributed by atoms with Crippen molar-refractivity contribution in [2.75, 3.05) is 13.1 Å². The van der Waals surface area contributed by atoms with Gasteiger partial charge in [0.1, 0.15) is 0 Å². The van der Waals surface area contributed by atoms with Crippen LogP contribution >= 0.6 is 47.2 Å². The molecular weight excluding hydrogens is 478 g/mol. The molecule has 1 aromatic heterocycles. The van der Waals surface area contributed by atoms with E-state index >= 15 is 0 Å². The van der Waals surface area contributed by atoms with Crippen molar-refractivity contribution in [3.05, 3.63) is 68.8 Å². The third-order valence-corrected chi connectivity index (χ3v) is 6.00. The predicted molar refractivity (Wildman–Crippen MR) is 129 cm³/mol. The molecule has 9 heteroatoms. The predicted octanol–water partition coefficient (Wildman–Crippen LogP) is 6.36. The number of carbonyl (C=O) groups excluding carboxylic acids is 1. The van der Waals surface area contributed by atoms with Gasteiger partial charge in [-0.1, -0.05) is 53.4 Å². The van der Waals surface area contributed by atoms with Crippen LogP contribution < -0.4 is 5.43 Å². The van der Waals surface area contributed by atoms with Gasteiger partial charge in [-0.05, 0) is 50.1 Å². The van der Waals surface area contributed by atoms with E-state index in [4.69, 9.17) is 34.8 Å². The first kappa shape index (κ1) is 23.9. The number of hydrogen-bond acceptors (Lipinski definition) is 3. The molecule has 0 aliphatic carbocycles. The Morgan fingerprint density at radius 1 is 0.968 bits per heavy atom. The Morgan fingerprint density at radius 3 is 2.26 bits per heavy atom. The van der Waals surface area contributed by atoms with Crippen molar-refractivity contribution in [2.24, 2.45) is 0 Å². The monoisotopic (exact) mass is 498 g/mol. The van der Waals surface area contributed by atoms with E-state index in [9.17, 15) is 4.79 Å². The van der Waals surface area contributed by atoms with Gasteiger partial charge in [0.25, 0.3) is 5.91 Å². The fourth-order valence-corrected chi connectivity index (χ4v) is 4.30. The van der Waals surface area contributed by atoms with Crippen molar-refractivity contribution in [3.8, 4) is 16.9 Å². The molecule has 164 valence electrons. The van der Waals surface area contributed by atoms with Crippen molar-refractivity contribution in [1.82, 2.24) is 20.2 Å². The summed E-state index contributed by atoms with van der Waals surface area (Å²) < 4.78 is 1.70. The third-order valence-electron chi connectivity index (χ3n) is 5.21. The minimum atomic E-state index is -0.228. The maximum Gasteiger partial charge on any atom is 0.286 e. The van der Waals surface area contributed by atoms with Gasteiger partial charge < -0.3 is 0 Å². The Kier molecular flexibility index (Phi) is 7.89. The summed E-state index contributed by atoms with van der Waals surface area (Å²) in [6.45, 7) is 3.58. The number of hydrogen-bond donors (Lipinski definition) is 1. The summed E-state index contributed by atoms with van der Waals surface area (Å²) in [5.74, 6) is -0.228. The van der Waals surface area contributed by atoms with Crippen LogP contribution in [0.4, 0.5) is 0 Å². The summed E-state index contributed by atoms with van der Waals surface area (Å²) >= 11 is 18.6. The zero-order valence-corrected chi connectivity index (χ0v) is 20.0. The van der Waals surface area contributed by atoms with Crippen LogP contribution in [0.5, 0.6) is 0 Å². The number of rotatable bonds is 4. The second-order valence-corrected chi connectivity index (χ2v) is 8.61. The maximum absolute atomic E-state index is 13.1. The molecule has 0 radical (unpaired) electrons. The SMILES string of the molecule is Cc1c(C(=O)NN2CCCCC2)nn(-c2ccc(Cl)cc2Cl)c1-c1ccc(Cl)cc1.Cl. The molecule has 2 heterocycles. The van der Waals surface area contributed by atoms with Crippen LogP contribution in [0.2, 0.25) is 15.1 Å². The molecule has 0 atom stereocenters. The van der Waals surface area contributed by atoms with Gasteiger partial charge in [0.2, 0.25) is 0 Å². The van der Waals surface area contributed by atoms with Crippen LogP contribution in [-0.4, -0.2) is 33.8 Å². The van der Waals surface area contributed by atoms with Crippen LogP contribution in [0.25, 0.3) is 16.9 Å². The fraction of sp³-hybridized carbons (Fsp3) is 0.273. The second kappa shape index (κ2) is 10.2. The highest BCUT2D eigenvalue weighted by Crippen LogP contribution is 2.33. The van der Waals surface area contributed by atoms with E-state index < -0.39 is 0 Å². The Labute approximate surface area is 202 Å². The van der Waals surface area contributed by atoms with E-state index in [0.29, 0.717) is 26.4 Å². The molecule has 1 fully saturated rings. The van der Waals surface area contributed by atoms with Crippen molar-refractivity contribution in [3.63, 3.8) is 0 Å². The van der Waals surface area contributed by atoms with Crippen molar-refractivity contribution in [2.45, 2.75) is 26.2 Å². The Hall–Kier alpha value is -1.76. The summed E-state index contributed by atoms with van der Waals surface area (Å²) in [5.41, 5.74) is 6.42. The normalized spacial score (nSPS) is 14.2. The number of piperidine rings is 1. The highest BCUT2D eigenvalue weighted by Gasteiger charge is 2.24. The molecule has 1 aliphatic heterocycles.